The largest absolute Gasteiger partial charge is 0.394 e. The normalized spacial score (nSPS) is 23.8. The Kier molecular flexibility index (Phi) is 4.23. The van der Waals surface area contributed by atoms with Gasteiger partial charge in [-0.1, -0.05) is 6.07 Å². The molecule has 1 aromatic carbocycles. The van der Waals surface area contributed by atoms with Gasteiger partial charge in [0.25, 0.3) is 5.91 Å². The lowest BCUT2D eigenvalue weighted by molar-refractivity contribution is -0.153. The van der Waals surface area contributed by atoms with Gasteiger partial charge < -0.3 is 20.2 Å². The summed E-state index contributed by atoms with van der Waals surface area (Å²) < 4.78 is 13.7. The maximum atomic E-state index is 13.7. The Labute approximate surface area is 138 Å². The number of amides is 3. The molecule has 2 N–H and O–H groups in total. The van der Waals surface area contributed by atoms with E-state index in [1.807, 2.05) is 0 Å². The summed E-state index contributed by atoms with van der Waals surface area (Å²) in [6.45, 7) is 1.65. The summed E-state index contributed by atoms with van der Waals surface area (Å²) in [5.41, 5.74) is 0.658. The number of halogens is 1. The second-order valence-electron chi connectivity index (χ2n) is 6.01. The van der Waals surface area contributed by atoms with E-state index in [-0.39, 0.29) is 37.0 Å². The molecule has 7 nitrogen and oxygen atoms in total. The van der Waals surface area contributed by atoms with Gasteiger partial charge in [0, 0.05) is 18.7 Å². The highest BCUT2D eigenvalue weighted by Gasteiger charge is 2.44. The van der Waals surface area contributed by atoms with Crippen molar-refractivity contribution in [2.75, 3.05) is 26.2 Å². The van der Waals surface area contributed by atoms with Gasteiger partial charge in [-0.3, -0.25) is 14.4 Å². The molecule has 0 bridgehead atoms. The first-order valence-corrected chi connectivity index (χ1v) is 7.69. The molecule has 0 unspecified atom stereocenters. The van der Waals surface area contributed by atoms with Crippen LogP contribution in [-0.4, -0.2) is 71.0 Å². The van der Waals surface area contributed by atoms with Crippen LogP contribution in [0.2, 0.25) is 0 Å². The van der Waals surface area contributed by atoms with Crippen LogP contribution in [0, 0.1) is 12.7 Å². The zero-order chi connectivity index (χ0) is 17.4. The molecule has 2 heterocycles. The van der Waals surface area contributed by atoms with Crippen LogP contribution < -0.4 is 5.32 Å². The van der Waals surface area contributed by atoms with Gasteiger partial charge in [0.1, 0.15) is 17.9 Å². The Morgan fingerprint density at radius 2 is 2.12 bits per heavy atom. The fourth-order valence-electron chi connectivity index (χ4n) is 3.02. The number of nitrogens with one attached hydrogen (secondary N) is 1. The minimum Gasteiger partial charge on any atom is -0.394 e. The van der Waals surface area contributed by atoms with Crippen molar-refractivity contribution in [2.24, 2.45) is 0 Å². The molecule has 128 valence electrons. The van der Waals surface area contributed by atoms with E-state index in [1.165, 1.54) is 21.9 Å². The highest BCUT2D eigenvalue weighted by atomic mass is 19.1. The molecule has 2 fully saturated rings. The Morgan fingerprint density at radius 1 is 1.38 bits per heavy atom. The van der Waals surface area contributed by atoms with Crippen LogP contribution in [0.3, 0.4) is 0 Å². The molecule has 0 radical (unpaired) electrons. The number of fused-ring (bicyclic) bond motifs is 1. The summed E-state index contributed by atoms with van der Waals surface area (Å²) >= 11 is 0. The van der Waals surface area contributed by atoms with Crippen molar-refractivity contribution in [3.8, 4) is 0 Å². The van der Waals surface area contributed by atoms with Crippen molar-refractivity contribution >= 4 is 17.7 Å². The van der Waals surface area contributed by atoms with Crippen molar-refractivity contribution < 1.29 is 23.9 Å². The van der Waals surface area contributed by atoms with E-state index in [4.69, 9.17) is 5.11 Å². The Bertz CT molecular complexity index is 709. The maximum absolute atomic E-state index is 13.7. The number of hydrogen-bond acceptors (Lipinski definition) is 4. The molecule has 0 aromatic heterocycles. The summed E-state index contributed by atoms with van der Waals surface area (Å²) in [6, 6.07) is 2.54. The van der Waals surface area contributed by atoms with Crippen molar-refractivity contribution in [1.82, 2.24) is 15.1 Å². The molecule has 2 saturated heterocycles. The van der Waals surface area contributed by atoms with Crippen molar-refractivity contribution in [3.63, 3.8) is 0 Å². The van der Waals surface area contributed by atoms with Gasteiger partial charge in [-0.25, -0.2) is 4.39 Å². The van der Waals surface area contributed by atoms with Gasteiger partial charge in [-0.15, -0.1) is 0 Å². The summed E-state index contributed by atoms with van der Waals surface area (Å²) in [7, 11) is 0. The van der Waals surface area contributed by atoms with E-state index in [0.29, 0.717) is 5.56 Å². The highest BCUT2D eigenvalue weighted by molar-refractivity contribution is 5.99. The SMILES string of the molecule is Cc1ccc(C(=O)N2CCN3C(=O)[C@@H](CO)NC(=O)[C@H]3C2)cc1F. The van der Waals surface area contributed by atoms with Gasteiger partial charge in [0.15, 0.2) is 0 Å². The van der Waals surface area contributed by atoms with Crippen molar-refractivity contribution in [1.29, 1.82) is 0 Å². The standard InChI is InChI=1S/C16H18FN3O4/c1-9-2-3-10(6-11(9)17)15(23)19-4-5-20-13(7-19)14(22)18-12(8-21)16(20)24/h2-3,6,12-13,21H,4-5,7-8H2,1H3,(H,18,22)/t12-,13-/m1/s1. The second-order valence-corrected chi connectivity index (χ2v) is 6.01. The number of benzene rings is 1. The van der Waals surface area contributed by atoms with Crippen molar-refractivity contribution in [3.05, 3.63) is 35.1 Å². The average molecular weight is 335 g/mol. The summed E-state index contributed by atoms with van der Waals surface area (Å²) in [5.74, 6) is -1.59. The third-order valence-corrected chi connectivity index (χ3v) is 4.47. The second kappa shape index (κ2) is 6.20. The molecule has 1 aromatic rings. The van der Waals surface area contributed by atoms with E-state index in [0.717, 1.165) is 0 Å². The first-order valence-electron chi connectivity index (χ1n) is 7.69. The predicted octanol–water partition coefficient (Wildman–Crippen LogP) is -0.722. The van der Waals surface area contributed by atoms with Crippen LogP contribution in [0.25, 0.3) is 0 Å². The summed E-state index contributed by atoms with van der Waals surface area (Å²) in [5, 5.41) is 11.6. The molecular formula is C16H18FN3O4. The topological polar surface area (TPSA) is 90.0 Å². The van der Waals surface area contributed by atoms with Crippen LogP contribution in [0.5, 0.6) is 0 Å². The Morgan fingerprint density at radius 3 is 2.79 bits per heavy atom. The smallest absolute Gasteiger partial charge is 0.254 e. The molecule has 3 rings (SSSR count). The Balaban J connectivity index is 1.77. The molecule has 0 aliphatic carbocycles. The molecule has 2 aliphatic rings. The van der Waals surface area contributed by atoms with E-state index in [9.17, 15) is 18.8 Å². The minimum atomic E-state index is -0.929. The van der Waals surface area contributed by atoms with Crippen molar-refractivity contribution in [2.45, 2.75) is 19.0 Å². The quantitative estimate of drug-likeness (QED) is 0.746. The van der Waals surface area contributed by atoms with Gasteiger partial charge in [-0.05, 0) is 24.6 Å². The predicted molar refractivity (Wildman–Crippen MR) is 81.6 cm³/mol. The molecule has 24 heavy (non-hydrogen) atoms. The summed E-state index contributed by atoms with van der Waals surface area (Å²) in [4.78, 5) is 39.7. The van der Waals surface area contributed by atoms with Crippen LogP contribution >= 0.6 is 0 Å². The average Bonchev–Trinajstić information content (AvgIpc) is 2.59. The number of aliphatic hydroxyl groups is 1. The lowest BCUT2D eigenvalue weighted by Crippen LogP contribution is -2.70. The molecular weight excluding hydrogens is 317 g/mol. The zero-order valence-corrected chi connectivity index (χ0v) is 13.2. The van der Waals surface area contributed by atoms with E-state index in [1.54, 1.807) is 13.0 Å². The van der Waals surface area contributed by atoms with Crippen LogP contribution in [-0.2, 0) is 9.59 Å². The molecule has 2 atom stereocenters. The van der Waals surface area contributed by atoms with Gasteiger partial charge in [0.05, 0.1) is 13.2 Å². The monoisotopic (exact) mass is 335 g/mol. The number of rotatable bonds is 2. The molecule has 2 aliphatic heterocycles. The third-order valence-electron chi connectivity index (χ3n) is 4.47. The first-order chi connectivity index (χ1) is 11.4. The number of piperazine rings is 2. The fourth-order valence-corrected chi connectivity index (χ4v) is 3.02. The number of aliphatic hydroxyl groups excluding tert-OH is 1. The van der Waals surface area contributed by atoms with Crippen LogP contribution in [0.15, 0.2) is 18.2 Å². The third kappa shape index (κ3) is 2.73. The van der Waals surface area contributed by atoms with E-state index < -0.39 is 30.4 Å². The molecule has 3 amide bonds. The van der Waals surface area contributed by atoms with Gasteiger partial charge in [0.2, 0.25) is 11.8 Å². The van der Waals surface area contributed by atoms with Gasteiger partial charge >= 0.3 is 0 Å². The van der Waals surface area contributed by atoms with Crippen LogP contribution in [0.1, 0.15) is 15.9 Å². The zero-order valence-electron chi connectivity index (χ0n) is 13.2. The number of carbonyl (C=O) groups excluding carboxylic acids is 3. The summed E-state index contributed by atoms with van der Waals surface area (Å²) in [6.07, 6.45) is 0. The number of aryl methyl sites for hydroxylation is 1. The number of carbonyl (C=O) groups is 3. The van der Waals surface area contributed by atoms with Crippen LogP contribution in [0.4, 0.5) is 4.39 Å². The maximum Gasteiger partial charge on any atom is 0.254 e. The highest BCUT2D eigenvalue weighted by Crippen LogP contribution is 2.19. The lowest BCUT2D eigenvalue weighted by atomic mass is 10.0. The van der Waals surface area contributed by atoms with Gasteiger partial charge in [-0.2, -0.15) is 0 Å². The first kappa shape index (κ1) is 16.4. The Hall–Kier alpha value is -2.48. The lowest BCUT2D eigenvalue weighted by Gasteiger charge is -2.44. The fraction of sp³-hybridized carbons (Fsp3) is 0.438. The number of hydrogen-bond donors (Lipinski definition) is 2. The molecule has 0 spiro atoms. The van der Waals surface area contributed by atoms with E-state index >= 15 is 0 Å². The minimum absolute atomic E-state index is 0.0457. The molecule has 8 heteroatoms. The van der Waals surface area contributed by atoms with E-state index in [2.05, 4.69) is 5.32 Å². The number of nitrogens with zero attached hydrogens (tertiary/aromatic N) is 2. The molecule has 0 saturated carbocycles.